The molecule has 3 amide bonds. The average molecular weight is 424 g/mol. The standard InChI is InChI=1S/C20H24N8O3/c29-16-5-4-15(18(30)23-16)27-11-13-3-1-2-12(17(13)19(27)31)10-22-20-24-25-26-28(20)14-6-8-21-9-7-14/h1-3,14-15,21H,4-11H2,(H,22,24,26)(H,23,29,30). The first-order chi connectivity index (χ1) is 15.1. The molecule has 0 aliphatic carbocycles. The van der Waals surface area contributed by atoms with E-state index in [1.807, 2.05) is 22.9 Å². The van der Waals surface area contributed by atoms with Crippen molar-refractivity contribution < 1.29 is 14.4 Å². The van der Waals surface area contributed by atoms with Crippen molar-refractivity contribution in [3.8, 4) is 0 Å². The van der Waals surface area contributed by atoms with Gasteiger partial charge < -0.3 is 15.5 Å². The topological polar surface area (TPSA) is 134 Å². The monoisotopic (exact) mass is 424 g/mol. The second-order valence-electron chi connectivity index (χ2n) is 8.13. The van der Waals surface area contributed by atoms with Gasteiger partial charge in [0.05, 0.1) is 6.04 Å². The third kappa shape index (κ3) is 3.65. The van der Waals surface area contributed by atoms with E-state index in [-0.39, 0.29) is 24.3 Å². The van der Waals surface area contributed by atoms with Crippen LogP contribution >= 0.6 is 0 Å². The van der Waals surface area contributed by atoms with E-state index in [0.717, 1.165) is 37.1 Å². The first-order valence-electron chi connectivity index (χ1n) is 10.6. The maximum Gasteiger partial charge on any atom is 0.255 e. The predicted molar refractivity (Wildman–Crippen MR) is 109 cm³/mol. The van der Waals surface area contributed by atoms with E-state index in [9.17, 15) is 14.4 Å². The average Bonchev–Trinajstić information content (AvgIpc) is 3.38. The van der Waals surface area contributed by atoms with Crippen molar-refractivity contribution in [3.63, 3.8) is 0 Å². The molecule has 2 saturated heterocycles. The number of amides is 3. The van der Waals surface area contributed by atoms with Gasteiger partial charge in [0.2, 0.25) is 17.8 Å². The lowest BCUT2D eigenvalue weighted by Crippen LogP contribution is -2.52. The summed E-state index contributed by atoms with van der Waals surface area (Å²) in [6, 6.07) is 5.33. The van der Waals surface area contributed by atoms with Crippen molar-refractivity contribution in [2.24, 2.45) is 0 Å². The van der Waals surface area contributed by atoms with Crippen molar-refractivity contribution in [2.45, 2.75) is 50.9 Å². The van der Waals surface area contributed by atoms with Crippen LogP contribution in [0.25, 0.3) is 0 Å². The highest BCUT2D eigenvalue weighted by molar-refractivity contribution is 6.06. The summed E-state index contributed by atoms with van der Waals surface area (Å²) in [5, 5.41) is 21.0. The Bertz CT molecular complexity index is 1030. The Kier molecular flexibility index (Phi) is 5.10. The fourth-order valence-electron chi connectivity index (χ4n) is 4.62. The van der Waals surface area contributed by atoms with Crippen LogP contribution in [-0.4, -0.2) is 62.0 Å². The number of carbonyl (C=O) groups is 3. The third-order valence-electron chi connectivity index (χ3n) is 6.22. The van der Waals surface area contributed by atoms with Crippen LogP contribution in [0.5, 0.6) is 0 Å². The lowest BCUT2D eigenvalue weighted by atomic mass is 10.0. The van der Waals surface area contributed by atoms with Crippen LogP contribution in [0.4, 0.5) is 5.95 Å². The van der Waals surface area contributed by atoms with Gasteiger partial charge in [-0.25, -0.2) is 4.68 Å². The molecule has 2 fully saturated rings. The van der Waals surface area contributed by atoms with Crippen LogP contribution in [-0.2, 0) is 22.7 Å². The molecule has 2 aromatic rings. The Morgan fingerprint density at radius 3 is 2.77 bits per heavy atom. The van der Waals surface area contributed by atoms with Crippen LogP contribution in [0, 0.1) is 0 Å². The minimum atomic E-state index is -0.620. The van der Waals surface area contributed by atoms with E-state index in [1.165, 1.54) is 0 Å². The summed E-state index contributed by atoms with van der Waals surface area (Å²) in [6.07, 6.45) is 2.51. The van der Waals surface area contributed by atoms with Crippen molar-refractivity contribution >= 4 is 23.7 Å². The number of tetrazole rings is 1. The molecule has 3 aliphatic rings. The number of nitrogens with one attached hydrogen (secondary N) is 3. The molecule has 11 nitrogen and oxygen atoms in total. The number of hydrogen-bond donors (Lipinski definition) is 3. The number of benzene rings is 1. The molecule has 1 aromatic carbocycles. The number of hydrogen-bond acceptors (Lipinski definition) is 8. The summed E-state index contributed by atoms with van der Waals surface area (Å²) < 4.78 is 1.82. The van der Waals surface area contributed by atoms with Crippen LogP contribution in [0.1, 0.15) is 53.2 Å². The zero-order valence-corrected chi connectivity index (χ0v) is 17.0. The maximum absolute atomic E-state index is 13.2. The smallest absolute Gasteiger partial charge is 0.255 e. The van der Waals surface area contributed by atoms with Crippen LogP contribution in [0.15, 0.2) is 18.2 Å². The minimum absolute atomic E-state index is 0.181. The molecule has 5 rings (SSSR count). The van der Waals surface area contributed by atoms with Gasteiger partial charge in [-0.2, -0.15) is 0 Å². The number of carbonyl (C=O) groups excluding carboxylic acids is 3. The Labute approximate surface area is 178 Å². The zero-order valence-electron chi connectivity index (χ0n) is 17.0. The number of anilines is 1. The third-order valence-corrected chi connectivity index (χ3v) is 6.22. The second kappa shape index (κ2) is 8.06. The molecule has 162 valence electrons. The summed E-state index contributed by atoms with van der Waals surface area (Å²) in [7, 11) is 0. The highest BCUT2D eigenvalue weighted by atomic mass is 16.2. The Balaban J connectivity index is 1.32. The fraction of sp³-hybridized carbons (Fsp3) is 0.500. The number of piperidine rings is 2. The molecule has 0 saturated carbocycles. The van der Waals surface area contributed by atoms with Crippen molar-refractivity contribution in [1.82, 2.24) is 35.7 Å². The SMILES string of the molecule is O=C1CCC(N2Cc3cccc(CNc4nnnn4C4CCNCC4)c3C2=O)C(=O)N1. The molecular weight excluding hydrogens is 400 g/mol. The Morgan fingerprint density at radius 2 is 1.97 bits per heavy atom. The first kappa shape index (κ1) is 19.6. The summed E-state index contributed by atoms with van der Waals surface area (Å²) in [5.74, 6) is -0.295. The van der Waals surface area contributed by atoms with Gasteiger partial charge >= 0.3 is 0 Å². The lowest BCUT2D eigenvalue weighted by Gasteiger charge is -2.29. The number of imide groups is 1. The summed E-state index contributed by atoms with van der Waals surface area (Å²) in [6.45, 7) is 2.62. The highest BCUT2D eigenvalue weighted by Gasteiger charge is 2.40. The molecule has 0 radical (unpaired) electrons. The van der Waals surface area contributed by atoms with E-state index >= 15 is 0 Å². The van der Waals surface area contributed by atoms with E-state index in [4.69, 9.17) is 0 Å². The van der Waals surface area contributed by atoms with Gasteiger partial charge in [-0.05, 0) is 53.9 Å². The largest absolute Gasteiger partial charge is 0.349 e. The molecule has 4 heterocycles. The molecule has 11 heteroatoms. The minimum Gasteiger partial charge on any atom is -0.349 e. The van der Waals surface area contributed by atoms with Gasteiger partial charge in [0, 0.05) is 25.1 Å². The van der Waals surface area contributed by atoms with Gasteiger partial charge in [-0.15, -0.1) is 0 Å². The molecule has 1 atom stereocenters. The molecule has 0 bridgehead atoms. The summed E-state index contributed by atoms with van der Waals surface area (Å²) >= 11 is 0. The first-order valence-corrected chi connectivity index (χ1v) is 10.6. The molecule has 3 aliphatic heterocycles. The summed E-state index contributed by atoms with van der Waals surface area (Å²) in [4.78, 5) is 38.5. The molecule has 1 unspecified atom stereocenters. The summed E-state index contributed by atoms with van der Waals surface area (Å²) in [5.41, 5.74) is 2.32. The molecule has 0 spiro atoms. The van der Waals surface area contributed by atoms with Gasteiger partial charge in [-0.1, -0.05) is 23.3 Å². The molecular formula is C20H24N8O3. The second-order valence-corrected chi connectivity index (χ2v) is 8.13. The molecule has 31 heavy (non-hydrogen) atoms. The Hall–Kier alpha value is -3.34. The highest BCUT2D eigenvalue weighted by Crippen LogP contribution is 2.30. The number of nitrogens with zero attached hydrogens (tertiary/aromatic N) is 5. The van der Waals surface area contributed by atoms with Crippen LogP contribution in [0.2, 0.25) is 0 Å². The number of fused-ring (bicyclic) bond motifs is 1. The lowest BCUT2D eigenvalue weighted by molar-refractivity contribution is -0.136. The van der Waals surface area contributed by atoms with E-state index in [1.54, 1.807) is 4.90 Å². The number of aromatic nitrogens is 4. The predicted octanol–water partition coefficient (Wildman–Crippen LogP) is -0.0293. The van der Waals surface area contributed by atoms with Gasteiger partial charge in [-0.3, -0.25) is 19.7 Å². The Morgan fingerprint density at radius 1 is 1.13 bits per heavy atom. The van der Waals surface area contributed by atoms with Gasteiger partial charge in [0.25, 0.3) is 5.91 Å². The maximum atomic E-state index is 13.2. The molecule has 3 N–H and O–H groups in total. The normalized spacial score (nSPS) is 21.9. The van der Waals surface area contributed by atoms with Crippen molar-refractivity contribution in [1.29, 1.82) is 0 Å². The van der Waals surface area contributed by atoms with Gasteiger partial charge in [0.1, 0.15) is 6.04 Å². The van der Waals surface area contributed by atoms with E-state index in [2.05, 4.69) is 31.5 Å². The van der Waals surface area contributed by atoms with Crippen molar-refractivity contribution in [3.05, 3.63) is 34.9 Å². The van der Waals surface area contributed by atoms with E-state index < -0.39 is 11.9 Å². The molecule has 1 aromatic heterocycles. The zero-order chi connectivity index (χ0) is 21.4. The van der Waals surface area contributed by atoms with Crippen molar-refractivity contribution in [2.75, 3.05) is 18.4 Å². The quantitative estimate of drug-likeness (QED) is 0.570. The number of rotatable bonds is 5. The van der Waals surface area contributed by atoms with Crippen LogP contribution < -0.4 is 16.0 Å². The van der Waals surface area contributed by atoms with Gasteiger partial charge in [0.15, 0.2) is 0 Å². The fourth-order valence-corrected chi connectivity index (χ4v) is 4.62. The van der Waals surface area contributed by atoms with Crippen LogP contribution in [0.3, 0.4) is 0 Å². The van der Waals surface area contributed by atoms with E-state index in [0.29, 0.717) is 31.0 Å².